The largest absolute Gasteiger partial charge is 0.494 e. The Labute approximate surface area is 107 Å². The second-order valence-electron chi connectivity index (χ2n) is 3.57. The number of benzene rings is 1. The number of nitrogens with one attached hydrogen (secondary N) is 1. The lowest BCUT2D eigenvalue weighted by Gasteiger charge is -2.06. The molecule has 2 rings (SSSR count). The monoisotopic (exact) mass is 268 g/mol. The van der Waals surface area contributed by atoms with Gasteiger partial charge in [0.25, 0.3) is 5.56 Å². The highest BCUT2D eigenvalue weighted by Crippen LogP contribution is 2.23. The van der Waals surface area contributed by atoms with Gasteiger partial charge in [-0.25, -0.2) is 9.37 Å². The number of aromatic amines is 1. The lowest BCUT2D eigenvalue weighted by molar-refractivity contribution is 0.386. The van der Waals surface area contributed by atoms with Crippen LogP contribution < -0.4 is 10.3 Å². The van der Waals surface area contributed by atoms with Crippen molar-refractivity contribution in [3.8, 4) is 17.1 Å². The Bertz CT molecular complexity index is 628. The lowest BCUT2D eigenvalue weighted by atomic mass is 10.2. The van der Waals surface area contributed by atoms with E-state index in [1.807, 2.05) is 0 Å². The second-order valence-corrected chi connectivity index (χ2v) is 3.84. The molecule has 0 radical (unpaired) electrons. The molecular formula is C12H10ClFN2O2. The summed E-state index contributed by atoms with van der Waals surface area (Å²) < 4.78 is 18.1. The molecule has 94 valence electrons. The number of hydrogen-bond acceptors (Lipinski definition) is 3. The third-order valence-corrected chi connectivity index (χ3v) is 2.63. The van der Waals surface area contributed by atoms with Crippen LogP contribution in [0.5, 0.6) is 5.75 Å². The average Bonchev–Trinajstić information content (AvgIpc) is 2.38. The van der Waals surface area contributed by atoms with Gasteiger partial charge in [-0.3, -0.25) is 4.79 Å². The number of H-pyrrole nitrogens is 1. The number of alkyl halides is 1. The molecule has 0 aliphatic rings. The molecule has 1 aromatic carbocycles. The summed E-state index contributed by atoms with van der Waals surface area (Å²) in [5.41, 5.74) is 0.704. The summed E-state index contributed by atoms with van der Waals surface area (Å²) in [6.07, 6.45) is 0. The van der Waals surface area contributed by atoms with E-state index >= 15 is 0 Å². The molecule has 6 heteroatoms. The fraction of sp³-hybridized carbons (Fsp3) is 0.167. The molecule has 0 aliphatic carbocycles. The predicted octanol–water partition coefficient (Wildman–Crippen LogP) is 2.32. The molecule has 0 atom stereocenters. The number of ether oxygens (including phenoxy) is 1. The van der Waals surface area contributed by atoms with Crippen LogP contribution in [0.4, 0.5) is 4.39 Å². The molecule has 2 aromatic rings. The van der Waals surface area contributed by atoms with Crippen molar-refractivity contribution in [1.29, 1.82) is 0 Å². The van der Waals surface area contributed by atoms with Crippen molar-refractivity contribution in [1.82, 2.24) is 9.97 Å². The summed E-state index contributed by atoms with van der Waals surface area (Å²) in [5.74, 6) is 0.0786. The number of nitrogens with zero attached hydrogens (tertiary/aromatic N) is 1. The first-order chi connectivity index (χ1) is 8.63. The summed E-state index contributed by atoms with van der Waals surface area (Å²) in [4.78, 5) is 18.1. The van der Waals surface area contributed by atoms with E-state index in [9.17, 15) is 9.18 Å². The lowest BCUT2D eigenvalue weighted by Crippen LogP contribution is -2.09. The van der Waals surface area contributed by atoms with Gasteiger partial charge < -0.3 is 9.72 Å². The summed E-state index contributed by atoms with van der Waals surface area (Å²) in [5, 5.41) is 0. The molecule has 0 unspecified atom stereocenters. The maximum atomic E-state index is 13.3. The van der Waals surface area contributed by atoms with Gasteiger partial charge in [-0.05, 0) is 18.2 Å². The Morgan fingerprint density at radius 2 is 2.22 bits per heavy atom. The van der Waals surface area contributed by atoms with Crippen LogP contribution in [-0.2, 0) is 5.88 Å². The van der Waals surface area contributed by atoms with Gasteiger partial charge in [0.05, 0.1) is 18.7 Å². The van der Waals surface area contributed by atoms with Crippen molar-refractivity contribution in [2.75, 3.05) is 7.11 Å². The van der Waals surface area contributed by atoms with Gasteiger partial charge in [0, 0.05) is 11.6 Å². The summed E-state index contributed by atoms with van der Waals surface area (Å²) in [7, 11) is 1.37. The van der Waals surface area contributed by atoms with Crippen molar-refractivity contribution < 1.29 is 9.13 Å². The quantitative estimate of drug-likeness (QED) is 0.869. The van der Waals surface area contributed by atoms with E-state index in [1.165, 1.54) is 31.4 Å². The number of rotatable bonds is 3. The average molecular weight is 269 g/mol. The third kappa shape index (κ3) is 2.51. The van der Waals surface area contributed by atoms with Gasteiger partial charge in [-0.2, -0.15) is 0 Å². The molecule has 1 aromatic heterocycles. The zero-order valence-corrected chi connectivity index (χ0v) is 10.3. The van der Waals surface area contributed by atoms with E-state index in [2.05, 4.69) is 9.97 Å². The minimum atomic E-state index is -0.475. The molecule has 1 heterocycles. The van der Waals surface area contributed by atoms with Crippen LogP contribution in [0.1, 0.15) is 5.69 Å². The molecule has 0 saturated carbocycles. The van der Waals surface area contributed by atoms with E-state index in [-0.39, 0.29) is 17.2 Å². The Hall–Kier alpha value is -1.88. The van der Waals surface area contributed by atoms with Crippen LogP contribution in [0.3, 0.4) is 0 Å². The van der Waals surface area contributed by atoms with E-state index in [0.29, 0.717) is 17.1 Å². The smallest absolute Gasteiger partial charge is 0.251 e. The number of aromatic nitrogens is 2. The SMILES string of the molecule is COc1cc(-c2nc(CCl)cc(=O)[nH]2)ccc1F. The number of halogens is 2. The first-order valence-corrected chi connectivity index (χ1v) is 5.67. The van der Waals surface area contributed by atoms with Crippen molar-refractivity contribution in [3.05, 3.63) is 46.1 Å². The van der Waals surface area contributed by atoms with Crippen molar-refractivity contribution in [3.63, 3.8) is 0 Å². The highest BCUT2D eigenvalue weighted by molar-refractivity contribution is 6.16. The minimum Gasteiger partial charge on any atom is -0.494 e. The van der Waals surface area contributed by atoms with Crippen molar-refractivity contribution in [2.24, 2.45) is 0 Å². The van der Waals surface area contributed by atoms with Gasteiger partial charge in [0.2, 0.25) is 0 Å². The Balaban J connectivity index is 2.54. The topological polar surface area (TPSA) is 55.0 Å². The highest BCUT2D eigenvalue weighted by Gasteiger charge is 2.08. The number of hydrogen-bond donors (Lipinski definition) is 1. The molecule has 0 amide bonds. The van der Waals surface area contributed by atoms with Gasteiger partial charge in [0.15, 0.2) is 11.6 Å². The minimum absolute atomic E-state index is 0.0893. The van der Waals surface area contributed by atoms with Crippen LogP contribution in [0.15, 0.2) is 29.1 Å². The molecule has 18 heavy (non-hydrogen) atoms. The Morgan fingerprint density at radius 3 is 2.89 bits per heavy atom. The van der Waals surface area contributed by atoms with Gasteiger partial charge in [-0.1, -0.05) is 0 Å². The Morgan fingerprint density at radius 1 is 1.44 bits per heavy atom. The normalized spacial score (nSPS) is 10.4. The third-order valence-electron chi connectivity index (χ3n) is 2.36. The van der Waals surface area contributed by atoms with Gasteiger partial charge in [0.1, 0.15) is 5.82 Å². The summed E-state index contributed by atoms with van der Waals surface area (Å²) >= 11 is 5.64. The maximum Gasteiger partial charge on any atom is 0.251 e. The molecule has 0 bridgehead atoms. The second kappa shape index (κ2) is 5.18. The van der Waals surface area contributed by atoms with E-state index in [0.717, 1.165) is 0 Å². The van der Waals surface area contributed by atoms with Crippen molar-refractivity contribution in [2.45, 2.75) is 5.88 Å². The number of methoxy groups -OCH3 is 1. The molecule has 1 N–H and O–H groups in total. The highest BCUT2D eigenvalue weighted by atomic mass is 35.5. The van der Waals surface area contributed by atoms with E-state index in [1.54, 1.807) is 0 Å². The van der Waals surface area contributed by atoms with Crippen LogP contribution in [-0.4, -0.2) is 17.1 Å². The van der Waals surface area contributed by atoms with Crippen LogP contribution in [0.2, 0.25) is 0 Å². The predicted molar refractivity (Wildman–Crippen MR) is 66.4 cm³/mol. The molecular weight excluding hydrogens is 259 g/mol. The Kier molecular flexibility index (Phi) is 3.62. The van der Waals surface area contributed by atoms with Crippen LogP contribution in [0, 0.1) is 5.82 Å². The molecule has 0 fully saturated rings. The van der Waals surface area contributed by atoms with E-state index in [4.69, 9.17) is 16.3 Å². The fourth-order valence-corrected chi connectivity index (χ4v) is 1.66. The maximum absolute atomic E-state index is 13.3. The molecule has 0 saturated heterocycles. The molecule has 0 spiro atoms. The molecule has 0 aliphatic heterocycles. The van der Waals surface area contributed by atoms with Gasteiger partial charge in [-0.15, -0.1) is 11.6 Å². The first-order valence-electron chi connectivity index (χ1n) is 5.14. The summed E-state index contributed by atoms with van der Waals surface area (Å²) in [6.45, 7) is 0. The zero-order chi connectivity index (χ0) is 13.1. The molecule has 4 nitrogen and oxygen atoms in total. The van der Waals surface area contributed by atoms with Crippen LogP contribution in [0.25, 0.3) is 11.4 Å². The standard InChI is InChI=1S/C12H10ClFN2O2/c1-18-10-4-7(2-3-9(10)14)12-15-8(6-13)5-11(17)16-12/h2-5H,6H2,1H3,(H,15,16,17). The van der Waals surface area contributed by atoms with Crippen LogP contribution >= 0.6 is 11.6 Å². The fourth-order valence-electron chi connectivity index (χ4n) is 1.52. The zero-order valence-electron chi connectivity index (χ0n) is 9.54. The van der Waals surface area contributed by atoms with E-state index < -0.39 is 5.82 Å². The first kappa shape index (κ1) is 12.6. The van der Waals surface area contributed by atoms with Gasteiger partial charge >= 0.3 is 0 Å². The summed E-state index contributed by atoms with van der Waals surface area (Å²) in [6, 6.07) is 5.54. The van der Waals surface area contributed by atoms with Crippen molar-refractivity contribution >= 4 is 11.6 Å².